The Kier molecular flexibility index (Phi) is 5.63. The average Bonchev–Trinajstić information content (AvgIpc) is 3.24. The molecule has 1 aliphatic heterocycles. The van der Waals surface area contributed by atoms with Crippen molar-refractivity contribution in [3.05, 3.63) is 100 Å². The number of hydrazone groups is 2. The first-order chi connectivity index (χ1) is 14.6. The number of hydrogen-bond donors (Lipinski definition) is 3. The molecule has 6 nitrogen and oxygen atoms in total. The van der Waals surface area contributed by atoms with Gasteiger partial charge in [0.05, 0.1) is 6.21 Å². The fourth-order valence-electron chi connectivity index (χ4n) is 3.42. The van der Waals surface area contributed by atoms with Crippen LogP contribution in [0.5, 0.6) is 5.75 Å². The summed E-state index contributed by atoms with van der Waals surface area (Å²) in [6.45, 7) is 0. The standard InChI is InChI=1S/C23H19BrN4O2/c24-19-11-12-21(29)16(13-19)15-25-27-22(30)20-14-23(28-26-20,17-7-3-1-4-8-17)18-9-5-2-6-10-18/h1-13,15,28-29H,14H2,(H,27,30). The van der Waals surface area contributed by atoms with E-state index in [2.05, 4.69) is 37.0 Å². The largest absolute Gasteiger partial charge is 0.507 e. The van der Waals surface area contributed by atoms with Gasteiger partial charge in [0.25, 0.3) is 5.91 Å². The molecule has 0 aromatic heterocycles. The zero-order chi connectivity index (χ0) is 21.0. The minimum absolute atomic E-state index is 0.0724. The maximum absolute atomic E-state index is 12.7. The third-order valence-corrected chi connectivity index (χ3v) is 5.46. The maximum atomic E-state index is 12.7. The molecule has 0 radical (unpaired) electrons. The number of phenols is 1. The van der Waals surface area contributed by atoms with Crippen molar-refractivity contribution < 1.29 is 9.90 Å². The van der Waals surface area contributed by atoms with Crippen LogP contribution in [0.3, 0.4) is 0 Å². The molecule has 0 saturated carbocycles. The fraction of sp³-hybridized carbons (Fsp3) is 0.0870. The van der Waals surface area contributed by atoms with Crippen molar-refractivity contribution in [2.24, 2.45) is 10.2 Å². The highest BCUT2D eigenvalue weighted by Gasteiger charge is 2.41. The first-order valence-electron chi connectivity index (χ1n) is 9.35. The Morgan fingerprint density at radius 1 is 1.07 bits per heavy atom. The summed E-state index contributed by atoms with van der Waals surface area (Å²) in [6, 6.07) is 24.8. The van der Waals surface area contributed by atoms with Crippen molar-refractivity contribution in [1.29, 1.82) is 0 Å². The summed E-state index contributed by atoms with van der Waals surface area (Å²) in [5.41, 5.74) is 7.93. The molecule has 150 valence electrons. The van der Waals surface area contributed by atoms with Crippen LogP contribution >= 0.6 is 15.9 Å². The Bertz CT molecular complexity index is 1080. The highest BCUT2D eigenvalue weighted by Crippen LogP contribution is 2.36. The minimum Gasteiger partial charge on any atom is -0.507 e. The smallest absolute Gasteiger partial charge is 0.287 e. The van der Waals surface area contributed by atoms with Crippen molar-refractivity contribution in [3.8, 4) is 5.75 Å². The molecule has 0 unspecified atom stereocenters. The monoisotopic (exact) mass is 462 g/mol. The molecule has 3 N–H and O–H groups in total. The van der Waals surface area contributed by atoms with E-state index >= 15 is 0 Å². The van der Waals surface area contributed by atoms with Gasteiger partial charge in [-0.2, -0.15) is 10.2 Å². The number of carbonyl (C=O) groups is 1. The summed E-state index contributed by atoms with van der Waals surface area (Å²) in [4.78, 5) is 12.7. The number of hydrogen-bond acceptors (Lipinski definition) is 5. The molecular weight excluding hydrogens is 444 g/mol. The Hall–Kier alpha value is -3.45. The van der Waals surface area contributed by atoms with Crippen molar-refractivity contribution >= 4 is 33.8 Å². The number of rotatable bonds is 5. The molecule has 3 aromatic rings. The molecule has 0 fully saturated rings. The molecule has 7 heteroatoms. The lowest BCUT2D eigenvalue weighted by molar-refractivity contribution is -0.114. The first kappa shape index (κ1) is 19.8. The summed E-state index contributed by atoms with van der Waals surface area (Å²) in [7, 11) is 0. The number of carbonyl (C=O) groups excluding carboxylic acids is 1. The normalized spacial score (nSPS) is 14.9. The first-order valence-corrected chi connectivity index (χ1v) is 10.1. The van der Waals surface area contributed by atoms with Crippen LogP contribution in [0.1, 0.15) is 23.1 Å². The summed E-state index contributed by atoms with van der Waals surface area (Å²) < 4.78 is 0.799. The lowest BCUT2D eigenvalue weighted by Crippen LogP contribution is -2.38. The lowest BCUT2D eigenvalue weighted by Gasteiger charge is -2.30. The van der Waals surface area contributed by atoms with Gasteiger partial charge in [0.15, 0.2) is 0 Å². The van der Waals surface area contributed by atoms with Gasteiger partial charge >= 0.3 is 0 Å². The van der Waals surface area contributed by atoms with Crippen molar-refractivity contribution in [3.63, 3.8) is 0 Å². The predicted molar refractivity (Wildman–Crippen MR) is 120 cm³/mol. The van der Waals surface area contributed by atoms with Gasteiger partial charge in [0, 0.05) is 16.5 Å². The second-order valence-electron chi connectivity index (χ2n) is 6.89. The molecule has 0 saturated heterocycles. The predicted octanol–water partition coefficient (Wildman–Crippen LogP) is 3.90. The van der Waals surface area contributed by atoms with Gasteiger partial charge in [-0.25, -0.2) is 5.43 Å². The number of nitrogens with zero attached hydrogens (tertiary/aromatic N) is 2. The van der Waals surface area contributed by atoms with E-state index in [1.807, 2.05) is 60.7 Å². The van der Waals surface area contributed by atoms with Crippen LogP contribution in [-0.4, -0.2) is 22.9 Å². The third kappa shape index (κ3) is 3.97. The van der Waals surface area contributed by atoms with Gasteiger partial charge in [-0.3, -0.25) is 10.2 Å². The van der Waals surface area contributed by atoms with Crippen LogP contribution in [0.25, 0.3) is 0 Å². The highest BCUT2D eigenvalue weighted by atomic mass is 79.9. The van der Waals surface area contributed by atoms with Gasteiger partial charge in [0.1, 0.15) is 17.0 Å². The molecule has 0 spiro atoms. The Morgan fingerprint density at radius 3 is 2.33 bits per heavy atom. The average molecular weight is 463 g/mol. The second-order valence-corrected chi connectivity index (χ2v) is 7.80. The Morgan fingerprint density at radius 2 is 1.70 bits per heavy atom. The minimum atomic E-state index is -0.624. The topological polar surface area (TPSA) is 86.1 Å². The fourth-order valence-corrected chi connectivity index (χ4v) is 3.80. The molecule has 30 heavy (non-hydrogen) atoms. The van der Waals surface area contributed by atoms with Gasteiger partial charge in [-0.1, -0.05) is 76.6 Å². The summed E-state index contributed by atoms with van der Waals surface area (Å²) in [5.74, 6) is -0.329. The van der Waals surface area contributed by atoms with Crippen molar-refractivity contribution in [1.82, 2.24) is 10.9 Å². The van der Waals surface area contributed by atoms with E-state index < -0.39 is 11.4 Å². The van der Waals surface area contributed by atoms with Crippen molar-refractivity contribution in [2.45, 2.75) is 12.0 Å². The SMILES string of the molecule is O=C(NN=Cc1cc(Br)ccc1O)C1=NNC(c2ccccc2)(c2ccccc2)C1. The molecule has 1 heterocycles. The quantitative estimate of drug-likeness (QED) is 0.396. The van der Waals surface area contributed by atoms with Crippen molar-refractivity contribution in [2.75, 3.05) is 0 Å². The van der Waals surface area contributed by atoms with E-state index in [4.69, 9.17) is 0 Å². The molecule has 0 atom stereocenters. The van der Waals surface area contributed by atoms with Crippen LogP contribution in [0.15, 0.2) is 93.5 Å². The molecule has 3 aromatic carbocycles. The van der Waals surface area contributed by atoms with E-state index in [0.717, 1.165) is 15.6 Å². The second kappa shape index (κ2) is 8.51. The summed E-state index contributed by atoms with van der Waals surface area (Å²) in [5, 5.41) is 18.2. The molecule has 1 aliphatic rings. The number of amides is 1. The maximum Gasteiger partial charge on any atom is 0.287 e. The van der Waals surface area contributed by atoms with Crippen LogP contribution < -0.4 is 10.9 Å². The Balaban J connectivity index is 1.53. The zero-order valence-corrected chi connectivity index (χ0v) is 17.5. The molecule has 0 bridgehead atoms. The molecule has 4 rings (SSSR count). The third-order valence-electron chi connectivity index (χ3n) is 4.97. The van der Waals surface area contributed by atoms with Gasteiger partial charge in [-0.15, -0.1) is 0 Å². The van der Waals surface area contributed by atoms with E-state index in [1.165, 1.54) is 6.21 Å². The molecule has 0 aliphatic carbocycles. The number of nitrogens with one attached hydrogen (secondary N) is 2. The lowest BCUT2D eigenvalue weighted by atomic mass is 9.80. The van der Waals surface area contributed by atoms with E-state index in [1.54, 1.807) is 18.2 Å². The van der Waals surface area contributed by atoms with E-state index in [-0.39, 0.29) is 5.75 Å². The zero-order valence-electron chi connectivity index (χ0n) is 15.9. The van der Waals surface area contributed by atoms with Gasteiger partial charge < -0.3 is 5.11 Å². The highest BCUT2D eigenvalue weighted by molar-refractivity contribution is 9.10. The number of aromatic hydroxyl groups is 1. The van der Waals surface area contributed by atoms with Gasteiger partial charge in [-0.05, 0) is 29.3 Å². The van der Waals surface area contributed by atoms with Gasteiger partial charge in [0.2, 0.25) is 0 Å². The van der Waals surface area contributed by atoms with E-state index in [0.29, 0.717) is 17.7 Å². The van der Waals surface area contributed by atoms with Crippen LogP contribution in [0.4, 0.5) is 0 Å². The molecule has 1 amide bonds. The van der Waals surface area contributed by atoms with E-state index in [9.17, 15) is 9.90 Å². The number of phenolic OH excluding ortho intramolecular Hbond substituents is 1. The number of benzene rings is 3. The van der Waals surface area contributed by atoms with Crippen LogP contribution in [-0.2, 0) is 10.3 Å². The number of halogens is 1. The molecular formula is C23H19BrN4O2. The van der Waals surface area contributed by atoms with Crippen LogP contribution in [0.2, 0.25) is 0 Å². The van der Waals surface area contributed by atoms with Crippen LogP contribution in [0, 0.1) is 0 Å². The Labute approximate surface area is 182 Å². The summed E-state index contributed by atoms with van der Waals surface area (Å²) in [6.07, 6.45) is 1.77. The summed E-state index contributed by atoms with van der Waals surface area (Å²) >= 11 is 3.34.